The zero-order valence-corrected chi connectivity index (χ0v) is 11.1. The maximum Gasteiger partial charge on any atom is 0.408 e. The summed E-state index contributed by atoms with van der Waals surface area (Å²) in [7, 11) is 0. The summed E-state index contributed by atoms with van der Waals surface area (Å²) in [4.78, 5) is 31.6. The molecule has 7 heteroatoms. The lowest BCUT2D eigenvalue weighted by atomic mass is 10.1. The molecule has 1 aliphatic heterocycles. The fourth-order valence-electron chi connectivity index (χ4n) is 1.68. The molecular weight excluding hydrogens is 248 g/mol. The third-order valence-electron chi connectivity index (χ3n) is 2.42. The van der Waals surface area contributed by atoms with Gasteiger partial charge in [-0.1, -0.05) is 0 Å². The number of amides is 2. The third-order valence-corrected chi connectivity index (χ3v) is 2.42. The van der Waals surface area contributed by atoms with Gasteiger partial charge in [-0.15, -0.1) is 0 Å². The van der Waals surface area contributed by atoms with Gasteiger partial charge in [0.05, 0.1) is 5.69 Å². The minimum atomic E-state index is -0.695. The van der Waals surface area contributed by atoms with Crippen molar-refractivity contribution in [3.63, 3.8) is 0 Å². The van der Waals surface area contributed by atoms with Gasteiger partial charge in [0.2, 0.25) is 5.91 Å². The van der Waals surface area contributed by atoms with Crippen molar-refractivity contribution in [2.24, 2.45) is 0 Å². The molecule has 2 heterocycles. The molecule has 0 saturated heterocycles. The molecule has 0 aliphatic carbocycles. The van der Waals surface area contributed by atoms with E-state index in [2.05, 4.69) is 20.6 Å². The van der Waals surface area contributed by atoms with Crippen LogP contribution < -0.4 is 10.6 Å². The quantitative estimate of drug-likeness (QED) is 0.784. The first-order valence-corrected chi connectivity index (χ1v) is 5.95. The van der Waals surface area contributed by atoms with E-state index in [0.29, 0.717) is 17.9 Å². The van der Waals surface area contributed by atoms with Crippen LogP contribution in [0.2, 0.25) is 0 Å². The summed E-state index contributed by atoms with van der Waals surface area (Å²) in [5.41, 5.74) is 0.0376. The number of hydrogen-bond donors (Lipinski definition) is 2. The number of alkyl carbamates (subject to hydrolysis) is 1. The first-order valence-electron chi connectivity index (χ1n) is 5.95. The molecule has 2 amide bonds. The fourth-order valence-corrected chi connectivity index (χ4v) is 1.68. The standard InChI is InChI=1S/C12H16N4O3/c1-12(2,3)19-11(18)15-8-6-7-9(16-10(8)17)14-5-4-13-7/h4-5,8H,6H2,1-3H3,(H,15,18)(H,14,16,17). The topological polar surface area (TPSA) is 93.2 Å². The normalized spacial score (nSPS) is 18.3. The van der Waals surface area contributed by atoms with Crippen molar-refractivity contribution in [2.75, 3.05) is 5.32 Å². The largest absolute Gasteiger partial charge is 0.444 e. The summed E-state index contributed by atoms with van der Waals surface area (Å²) in [5.74, 6) is 0.119. The van der Waals surface area contributed by atoms with Crippen LogP contribution in [0.1, 0.15) is 26.5 Å². The van der Waals surface area contributed by atoms with E-state index in [1.165, 1.54) is 6.20 Å². The Hall–Kier alpha value is -2.18. The number of nitrogens with one attached hydrogen (secondary N) is 2. The second-order valence-electron chi connectivity index (χ2n) is 5.24. The lowest BCUT2D eigenvalue weighted by Crippen LogP contribution is -2.49. The average molecular weight is 264 g/mol. The number of carbonyl (C=O) groups is 2. The predicted octanol–water partition coefficient (Wildman–Crippen LogP) is 0.864. The fraction of sp³-hybridized carbons (Fsp3) is 0.500. The molecule has 0 saturated carbocycles. The van der Waals surface area contributed by atoms with Crippen LogP contribution in [-0.2, 0) is 16.0 Å². The van der Waals surface area contributed by atoms with Gasteiger partial charge < -0.3 is 15.4 Å². The molecule has 0 radical (unpaired) electrons. The lowest BCUT2D eigenvalue weighted by molar-refractivity contribution is -0.118. The molecule has 0 bridgehead atoms. The van der Waals surface area contributed by atoms with Gasteiger partial charge in [-0.3, -0.25) is 9.78 Å². The Bertz CT molecular complexity index is 510. The molecule has 102 valence electrons. The predicted molar refractivity (Wildman–Crippen MR) is 67.5 cm³/mol. The number of nitrogens with zero attached hydrogens (tertiary/aromatic N) is 2. The summed E-state index contributed by atoms with van der Waals surface area (Å²) in [6.07, 6.45) is 2.72. The summed E-state index contributed by atoms with van der Waals surface area (Å²) >= 11 is 0. The second kappa shape index (κ2) is 4.83. The average Bonchev–Trinajstić information content (AvgIpc) is 2.27. The van der Waals surface area contributed by atoms with Gasteiger partial charge in [-0.2, -0.15) is 0 Å². The lowest BCUT2D eigenvalue weighted by Gasteiger charge is -2.25. The molecule has 1 atom stereocenters. The minimum Gasteiger partial charge on any atom is -0.444 e. The maximum atomic E-state index is 11.8. The van der Waals surface area contributed by atoms with Crippen molar-refractivity contribution in [1.82, 2.24) is 15.3 Å². The van der Waals surface area contributed by atoms with Crippen LogP contribution in [0.5, 0.6) is 0 Å². The van der Waals surface area contributed by atoms with Gasteiger partial charge >= 0.3 is 6.09 Å². The van der Waals surface area contributed by atoms with Gasteiger partial charge in [-0.25, -0.2) is 9.78 Å². The number of carbonyl (C=O) groups excluding carboxylic acids is 2. The highest BCUT2D eigenvalue weighted by Crippen LogP contribution is 2.17. The van der Waals surface area contributed by atoms with E-state index in [1.54, 1.807) is 27.0 Å². The molecule has 1 unspecified atom stereocenters. The summed E-state index contributed by atoms with van der Waals surface area (Å²) in [6.45, 7) is 5.27. The van der Waals surface area contributed by atoms with E-state index in [-0.39, 0.29) is 5.91 Å². The Labute approximate surface area is 110 Å². The highest BCUT2D eigenvalue weighted by molar-refractivity contribution is 5.98. The molecule has 1 aromatic heterocycles. The Kier molecular flexibility index (Phi) is 3.37. The molecule has 0 spiro atoms. The van der Waals surface area contributed by atoms with Crippen LogP contribution in [0.4, 0.5) is 10.6 Å². The highest BCUT2D eigenvalue weighted by atomic mass is 16.6. The number of anilines is 1. The Morgan fingerprint density at radius 1 is 1.42 bits per heavy atom. The second-order valence-corrected chi connectivity index (χ2v) is 5.24. The van der Waals surface area contributed by atoms with E-state index in [0.717, 1.165) is 0 Å². The molecule has 1 aromatic rings. The number of fused-ring (bicyclic) bond motifs is 1. The zero-order chi connectivity index (χ0) is 14.0. The molecule has 1 aliphatic rings. The monoisotopic (exact) mass is 264 g/mol. The van der Waals surface area contributed by atoms with Gasteiger partial charge in [0.15, 0.2) is 5.82 Å². The van der Waals surface area contributed by atoms with Crippen LogP contribution in [0.25, 0.3) is 0 Å². The van der Waals surface area contributed by atoms with E-state index in [9.17, 15) is 9.59 Å². The summed E-state index contributed by atoms with van der Waals surface area (Å²) in [5, 5.41) is 5.12. The molecule has 19 heavy (non-hydrogen) atoms. The van der Waals surface area contributed by atoms with Gasteiger partial charge in [-0.05, 0) is 20.8 Å². The third kappa shape index (κ3) is 3.40. The number of ether oxygens (including phenoxy) is 1. The Balaban J connectivity index is 2.03. The zero-order valence-electron chi connectivity index (χ0n) is 11.1. The summed E-state index contributed by atoms with van der Waals surface area (Å²) < 4.78 is 5.11. The van der Waals surface area contributed by atoms with Gasteiger partial charge in [0.25, 0.3) is 0 Å². The van der Waals surface area contributed by atoms with Crippen molar-refractivity contribution in [3.05, 3.63) is 18.1 Å². The van der Waals surface area contributed by atoms with E-state index in [1.807, 2.05) is 0 Å². The van der Waals surface area contributed by atoms with Crippen molar-refractivity contribution in [1.29, 1.82) is 0 Å². The van der Waals surface area contributed by atoms with Crippen molar-refractivity contribution in [3.8, 4) is 0 Å². The van der Waals surface area contributed by atoms with Crippen LogP contribution in [0.3, 0.4) is 0 Å². The molecule has 0 aromatic carbocycles. The number of hydrogen-bond acceptors (Lipinski definition) is 5. The van der Waals surface area contributed by atoms with Crippen LogP contribution in [0.15, 0.2) is 12.4 Å². The minimum absolute atomic E-state index is 0.300. The molecule has 0 fully saturated rings. The number of aromatic nitrogens is 2. The summed E-state index contributed by atoms with van der Waals surface area (Å²) in [6, 6.07) is -0.695. The van der Waals surface area contributed by atoms with Crippen molar-refractivity contribution >= 4 is 17.8 Å². The van der Waals surface area contributed by atoms with Gasteiger partial charge in [0.1, 0.15) is 11.6 Å². The first-order chi connectivity index (χ1) is 8.85. The molecular formula is C12H16N4O3. The van der Waals surface area contributed by atoms with Gasteiger partial charge in [0, 0.05) is 18.8 Å². The Morgan fingerprint density at radius 2 is 2.11 bits per heavy atom. The maximum absolute atomic E-state index is 11.8. The van der Waals surface area contributed by atoms with Crippen molar-refractivity contribution < 1.29 is 14.3 Å². The number of rotatable bonds is 1. The van der Waals surface area contributed by atoms with Crippen LogP contribution in [0, 0.1) is 0 Å². The van der Waals surface area contributed by atoms with Crippen molar-refractivity contribution in [2.45, 2.75) is 38.8 Å². The molecule has 2 N–H and O–H groups in total. The van der Waals surface area contributed by atoms with Crippen LogP contribution in [-0.4, -0.2) is 33.6 Å². The van der Waals surface area contributed by atoms with Crippen LogP contribution >= 0.6 is 0 Å². The van der Waals surface area contributed by atoms with E-state index >= 15 is 0 Å². The first kappa shape index (κ1) is 13.3. The van der Waals surface area contributed by atoms with E-state index < -0.39 is 17.7 Å². The van der Waals surface area contributed by atoms with E-state index in [4.69, 9.17) is 4.74 Å². The molecule has 2 rings (SSSR count). The molecule has 7 nitrogen and oxygen atoms in total. The SMILES string of the molecule is CC(C)(C)OC(=O)NC1Cc2nccnc2NC1=O. The smallest absolute Gasteiger partial charge is 0.408 e. The highest BCUT2D eigenvalue weighted by Gasteiger charge is 2.30. The Morgan fingerprint density at radius 3 is 2.79 bits per heavy atom.